The summed E-state index contributed by atoms with van der Waals surface area (Å²) in [5.41, 5.74) is 2.42. The van der Waals surface area contributed by atoms with Crippen molar-refractivity contribution in [3.63, 3.8) is 0 Å². The maximum absolute atomic E-state index is 13.8. The van der Waals surface area contributed by atoms with Crippen molar-refractivity contribution in [2.24, 2.45) is 0 Å². The molecule has 0 saturated carbocycles. The maximum atomic E-state index is 13.8. The van der Waals surface area contributed by atoms with Gasteiger partial charge in [-0.05, 0) is 41.3 Å². The quantitative estimate of drug-likeness (QED) is 0.449. The number of halogens is 3. The van der Waals surface area contributed by atoms with Crippen LogP contribution in [0.1, 0.15) is 10.4 Å². The van der Waals surface area contributed by atoms with Crippen LogP contribution < -0.4 is 5.32 Å². The number of thiophene rings is 1. The maximum Gasteiger partial charge on any atom is 0.258 e. The predicted molar refractivity (Wildman–Crippen MR) is 105 cm³/mol. The van der Waals surface area contributed by atoms with Gasteiger partial charge in [0.25, 0.3) is 5.91 Å². The van der Waals surface area contributed by atoms with Gasteiger partial charge >= 0.3 is 0 Å². The zero-order valence-corrected chi connectivity index (χ0v) is 15.5. The number of carbonyl (C=O) groups excluding carboxylic acids is 1. The number of hydrogen-bond donors (Lipinski definition) is 1. The molecule has 0 fully saturated rings. The molecule has 0 aliphatic carbocycles. The molecular formula is C21H12F3N3OS. The lowest BCUT2D eigenvalue weighted by molar-refractivity contribution is 0.102. The van der Waals surface area contributed by atoms with E-state index in [1.807, 2.05) is 23.6 Å². The molecular weight excluding hydrogens is 399 g/mol. The predicted octanol–water partition coefficient (Wildman–Crippen LogP) is 5.54. The van der Waals surface area contributed by atoms with Gasteiger partial charge in [0.2, 0.25) is 0 Å². The van der Waals surface area contributed by atoms with E-state index in [-0.39, 0.29) is 0 Å². The highest BCUT2D eigenvalue weighted by molar-refractivity contribution is 7.14. The lowest BCUT2D eigenvalue weighted by Crippen LogP contribution is -2.15. The molecule has 1 N–H and O–H groups in total. The molecule has 4 nitrogen and oxygen atoms in total. The Balaban J connectivity index is 1.58. The average Bonchev–Trinajstić information content (AvgIpc) is 3.23. The summed E-state index contributed by atoms with van der Waals surface area (Å²) >= 11 is 1.50. The minimum absolute atomic E-state index is 0.299. The number of rotatable bonds is 4. The number of hydrogen-bond acceptors (Lipinski definition) is 4. The van der Waals surface area contributed by atoms with Crippen molar-refractivity contribution in [3.8, 4) is 21.6 Å². The lowest BCUT2D eigenvalue weighted by atomic mass is 10.1. The second-order valence-corrected chi connectivity index (χ2v) is 6.99. The van der Waals surface area contributed by atoms with E-state index < -0.39 is 28.9 Å². The van der Waals surface area contributed by atoms with Gasteiger partial charge < -0.3 is 5.32 Å². The summed E-state index contributed by atoms with van der Waals surface area (Å²) < 4.78 is 40.3. The third kappa shape index (κ3) is 3.88. The fourth-order valence-corrected chi connectivity index (χ4v) is 3.62. The van der Waals surface area contributed by atoms with Crippen molar-refractivity contribution >= 4 is 22.9 Å². The molecule has 8 heteroatoms. The van der Waals surface area contributed by atoms with Crippen molar-refractivity contribution in [1.29, 1.82) is 0 Å². The van der Waals surface area contributed by atoms with Gasteiger partial charge in [0.05, 0.1) is 17.4 Å². The standard InChI is InChI=1S/C21H12F3N3OS/c22-17-4-3-16(19(23)20(17)24)21(28)27-15-6-13(9-26-10-15)18-7-14(11-29-18)12-2-1-5-25-8-12/h1-11H,(H,27,28). The average molecular weight is 411 g/mol. The Morgan fingerprint density at radius 1 is 0.897 bits per heavy atom. The first-order valence-electron chi connectivity index (χ1n) is 8.42. The number of carbonyl (C=O) groups is 1. The molecule has 1 aromatic carbocycles. The normalized spacial score (nSPS) is 10.7. The van der Waals surface area contributed by atoms with Crippen LogP contribution >= 0.6 is 11.3 Å². The summed E-state index contributed by atoms with van der Waals surface area (Å²) in [7, 11) is 0. The summed E-state index contributed by atoms with van der Waals surface area (Å²) in [5, 5.41) is 4.44. The molecule has 3 aromatic heterocycles. The van der Waals surface area contributed by atoms with Crippen molar-refractivity contribution in [2.75, 3.05) is 5.32 Å². The van der Waals surface area contributed by atoms with Crippen molar-refractivity contribution < 1.29 is 18.0 Å². The Labute approximate surface area is 167 Å². The van der Waals surface area contributed by atoms with Crippen molar-refractivity contribution in [3.05, 3.63) is 89.6 Å². The lowest BCUT2D eigenvalue weighted by Gasteiger charge is -2.08. The fraction of sp³-hybridized carbons (Fsp3) is 0. The largest absolute Gasteiger partial charge is 0.320 e. The third-order valence-electron chi connectivity index (χ3n) is 4.15. The molecule has 0 spiro atoms. The Hall–Kier alpha value is -3.52. The van der Waals surface area contributed by atoms with E-state index in [1.54, 1.807) is 24.7 Å². The summed E-state index contributed by atoms with van der Waals surface area (Å²) in [4.78, 5) is 21.4. The van der Waals surface area contributed by atoms with Crippen LogP contribution in [-0.2, 0) is 0 Å². The highest BCUT2D eigenvalue weighted by Gasteiger charge is 2.19. The molecule has 0 radical (unpaired) electrons. The molecule has 0 aliphatic rings. The highest BCUT2D eigenvalue weighted by Crippen LogP contribution is 2.33. The number of benzene rings is 1. The molecule has 3 heterocycles. The van der Waals surface area contributed by atoms with E-state index in [0.29, 0.717) is 11.8 Å². The minimum atomic E-state index is -1.69. The summed E-state index contributed by atoms with van der Waals surface area (Å²) in [6.45, 7) is 0. The molecule has 1 amide bonds. The van der Waals surface area contributed by atoms with Crippen LogP contribution in [0.2, 0.25) is 0 Å². The van der Waals surface area contributed by atoms with Crippen LogP contribution in [0, 0.1) is 17.5 Å². The Kier molecular flexibility index (Phi) is 5.09. The Morgan fingerprint density at radius 3 is 2.52 bits per heavy atom. The summed E-state index contributed by atoms with van der Waals surface area (Å²) in [6.07, 6.45) is 6.47. The van der Waals surface area contributed by atoms with E-state index in [2.05, 4.69) is 15.3 Å². The first-order valence-corrected chi connectivity index (χ1v) is 9.30. The molecule has 29 heavy (non-hydrogen) atoms. The summed E-state index contributed by atoms with van der Waals surface area (Å²) in [5.74, 6) is -5.48. The highest BCUT2D eigenvalue weighted by atomic mass is 32.1. The van der Waals surface area contributed by atoms with E-state index in [1.165, 1.54) is 17.5 Å². The van der Waals surface area contributed by atoms with E-state index in [4.69, 9.17) is 0 Å². The number of nitrogens with zero attached hydrogens (tertiary/aromatic N) is 2. The Bertz CT molecular complexity index is 1200. The topological polar surface area (TPSA) is 54.9 Å². The van der Waals surface area contributed by atoms with E-state index in [0.717, 1.165) is 27.6 Å². The van der Waals surface area contributed by atoms with Crippen LogP contribution in [0.5, 0.6) is 0 Å². The first-order chi connectivity index (χ1) is 14.0. The second-order valence-electron chi connectivity index (χ2n) is 6.08. The van der Waals surface area contributed by atoms with Gasteiger partial charge in [-0.25, -0.2) is 13.2 Å². The fourth-order valence-electron chi connectivity index (χ4n) is 2.72. The van der Waals surface area contributed by atoms with Gasteiger partial charge in [-0.2, -0.15) is 0 Å². The number of amides is 1. The second kappa shape index (κ2) is 7.84. The van der Waals surface area contributed by atoms with Crippen LogP contribution in [-0.4, -0.2) is 15.9 Å². The molecule has 4 rings (SSSR count). The molecule has 4 aromatic rings. The Morgan fingerprint density at radius 2 is 1.72 bits per heavy atom. The number of aromatic nitrogens is 2. The molecule has 0 saturated heterocycles. The zero-order valence-electron chi connectivity index (χ0n) is 14.7. The van der Waals surface area contributed by atoms with Crippen LogP contribution in [0.15, 0.2) is 66.6 Å². The van der Waals surface area contributed by atoms with Crippen LogP contribution in [0.25, 0.3) is 21.6 Å². The minimum Gasteiger partial charge on any atom is -0.320 e. The first kappa shape index (κ1) is 18.8. The molecule has 0 aliphatic heterocycles. The van der Waals surface area contributed by atoms with Gasteiger partial charge in [0, 0.05) is 34.6 Å². The number of anilines is 1. The van der Waals surface area contributed by atoms with E-state index in [9.17, 15) is 18.0 Å². The number of pyridine rings is 2. The van der Waals surface area contributed by atoms with Gasteiger partial charge in [0.1, 0.15) is 0 Å². The van der Waals surface area contributed by atoms with Gasteiger partial charge in [0.15, 0.2) is 17.5 Å². The molecule has 0 bridgehead atoms. The van der Waals surface area contributed by atoms with Gasteiger partial charge in [-0.15, -0.1) is 11.3 Å². The third-order valence-corrected chi connectivity index (χ3v) is 5.13. The van der Waals surface area contributed by atoms with Gasteiger partial charge in [-0.3, -0.25) is 14.8 Å². The van der Waals surface area contributed by atoms with Crippen LogP contribution in [0.3, 0.4) is 0 Å². The van der Waals surface area contributed by atoms with Crippen molar-refractivity contribution in [2.45, 2.75) is 0 Å². The summed E-state index contributed by atoms with van der Waals surface area (Å²) in [6, 6.07) is 9.03. The smallest absolute Gasteiger partial charge is 0.258 e. The van der Waals surface area contributed by atoms with Crippen LogP contribution in [0.4, 0.5) is 18.9 Å². The monoisotopic (exact) mass is 411 g/mol. The molecule has 0 unspecified atom stereocenters. The molecule has 0 atom stereocenters. The zero-order chi connectivity index (χ0) is 20.4. The number of nitrogens with one attached hydrogen (secondary N) is 1. The van der Waals surface area contributed by atoms with E-state index >= 15 is 0 Å². The SMILES string of the molecule is O=C(Nc1cncc(-c2cc(-c3cccnc3)cs2)c1)c1ccc(F)c(F)c1F. The molecule has 144 valence electrons. The van der Waals surface area contributed by atoms with Gasteiger partial charge in [-0.1, -0.05) is 6.07 Å². The van der Waals surface area contributed by atoms with Crippen molar-refractivity contribution in [1.82, 2.24) is 9.97 Å².